The van der Waals surface area contributed by atoms with E-state index in [0.717, 1.165) is 17.4 Å². The van der Waals surface area contributed by atoms with E-state index < -0.39 is 17.0 Å². The Morgan fingerprint density at radius 1 is 0.765 bits per heavy atom. The van der Waals surface area contributed by atoms with Crippen LogP contribution in [0.4, 0.5) is 11.4 Å². The molecule has 0 aliphatic rings. The van der Waals surface area contributed by atoms with Crippen molar-refractivity contribution < 1.29 is 22.1 Å². The molecule has 0 aliphatic heterocycles. The number of hydrogen-bond acceptors (Lipinski definition) is 2. The molecule has 0 spiro atoms. The number of phenolic OH excluding ortho intramolecular Hbond substituents is 1. The molecule has 1 N–H and O–H groups in total. The van der Waals surface area contributed by atoms with Gasteiger partial charge in [-0.05, 0) is 78.7 Å². The molecule has 0 bridgehead atoms. The van der Waals surface area contributed by atoms with Crippen LogP contribution in [-0.2, 0) is 23.6 Å². The zero-order valence-corrected chi connectivity index (χ0v) is 23.6. The number of aryl methyl sites for hydroxylation is 3. The molecule has 174 valence electrons. The number of rotatable bonds is 6. The van der Waals surface area contributed by atoms with Gasteiger partial charge in [0.25, 0.3) is 0 Å². The van der Waals surface area contributed by atoms with Crippen LogP contribution < -0.4 is 15.5 Å². The molecule has 1 atom stereocenters. The fourth-order valence-electron chi connectivity index (χ4n) is 3.95. The molecule has 6 heteroatoms. The first kappa shape index (κ1) is 26.8. The zero-order valence-electron chi connectivity index (χ0n) is 19.5. The molecule has 4 aromatic rings. The summed E-state index contributed by atoms with van der Waals surface area (Å²) in [5.74, 6) is 0.418. The number of nitrogens with zero attached hydrogens (tertiary/aromatic N) is 1. The van der Waals surface area contributed by atoms with Gasteiger partial charge in [-0.3, -0.25) is 0 Å². The first-order valence-electron chi connectivity index (χ1n) is 10.9. The van der Waals surface area contributed by atoms with Crippen molar-refractivity contribution in [2.24, 2.45) is 0 Å². The van der Waals surface area contributed by atoms with Crippen LogP contribution in [0.1, 0.15) is 22.3 Å². The van der Waals surface area contributed by atoms with Crippen molar-refractivity contribution in [2.75, 3.05) is 4.90 Å². The van der Waals surface area contributed by atoms with E-state index in [1.165, 1.54) is 33.4 Å². The average molecular weight is 544 g/mol. The second-order valence-electron chi connectivity index (χ2n) is 8.04. The molecule has 4 aromatic carbocycles. The van der Waals surface area contributed by atoms with E-state index in [-0.39, 0.29) is 0 Å². The summed E-state index contributed by atoms with van der Waals surface area (Å²) in [4.78, 5) is 2.35. The van der Waals surface area contributed by atoms with E-state index in [0.29, 0.717) is 14.3 Å². The molecule has 2 nitrogen and oxygen atoms in total. The molecular formula is C28H28Cl2NOPTi. The summed E-state index contributed by atoms with van der Waals surface area (Å²) in [5, 5.41) is 13.0. The number of benzene rings is 4. The summed E-state index contributed by atoms with van der Waals surface area (Å²) >= 11 is -0.556. The van der Waals surface area contributed by atoms with E-state index in [1.807, 2.05) is 13.0 Å². The topological polar surface area (TPSA) is 23.5 Å². The van der Waals surface area contributed by atoms with Crippen molar-refractivity contribution in [1.82, 2.24) is 0 Å². The minimum absolute atomic E-state index is 0.404. The third kappa shape index (κ3) is 7.11. The molecule has 1 unspecified atom stereocenters. The quantitative estimate of drug-likeness (QED) is 0.199. The summed E-state index contributed by atoms with van der Waals surface area (Å²) in [6.45, 7) is 7.00. The maximum absolute atomic E-state index is 10.7. The van der Waals surface area contributed by atoms with Gasteiger partial charge in [0.1, 0.15) is 5.75 Å². The summed E-state index contributed by atoms with van der Waals surface area (Å²) < 4.78 is 0. The second kappa shape index (κ2) is 13.3. The van der Waals surface area contributed by atoms with Crippen LogP contribution in [0.5, 0.6) is 5.75 Å². The molecular weight excluding hydrogens is 516 g/mol. The molecule has 0 saturated heterocycles. The van der Waals surface area contributed by atoms with E-state index in [1.54, 1.807) is 0 Å². The third-order valence-corrected chi connectivity index (χ3v) is 7.14. The van der Waals surface area contributed by atoms with Crippen molar-refractivity contribution >= 4 is 49.2 Å². The first-order valence-corrected chi connectivity index (χ1v) is 16.2. The monoisotopic (exact) mass is 543 g/mol. The van der Waals surface area contributed by atoms with Gasteiger partial charge in [0.2, 0.25) is 0 Å². The van der Waals surface area contributed by atoms with Crippen molar-refractivity contribution in [1.29, 1.82) is 0 Å². The van der Waals surface area contributed by atoms with Gasteiger partial charge in [0.15, 0.2) is 0 Å². The number of halogens is 2. The summed E-state index contributed by atoms with van der Waals surface area (Å²) in [6, 6.07) is 31.7. The second-order valence-corrected chi connectivity index (χ2v) is 11.9. The van der Waals surface area contributed by atoms with Gasteiger partial charge in [-0.25, -0.2) is 0 Å². The summed E-state index contributed by atoms with van der Waals surface area (Å²) in [5.41, 5.74) is 6.99. The van der Waals surface area contributed by atoms with E-state index >= 15 is 0 Å². The number of hydrogen-bond donors (Lipinski definition) is 1. The minimum atomic E-state index is -0.556. The van der Waals surface area contributed by atoms with Crippen molar-refractivity contribution in [3.8, 4) is 5.75 Å². The van der Waals surface area contributed by atoms with E-state index in [9.17, 15) is 5.11 Å². The Labute approximate surface area is 221 Å². The number of para-hydroxylation sites is 2. The molecule has 4 rings (SSSR count). The average Bonchev–Trinajstić information content (AvgIpc) is 2.84. The predicted octanol–water partition coefficient (Wildman–Crippen LogP) is 7.66. The first-order chi connectivity index (χ1) is 16.4. The van der Waals surface area contributed by atoms with E-state index in [4.69, 9.17) is 18.6 Å². The van der Waals surface area contributed by atoms with Crippen molar-refractivity contribution in [3.63, 3.8) is 0 Å². The van der Waals surface area contributed by atoms with E-state index in [2.05, 4.69) is 104 Å². The van der Waals surface area contributed by atoms with Crippen LogP contribution in [0.2, 0.25) is 0 Å². The number of anilines is 2. The van der Waals surface area contributed by atoms with Gasteiger partial charge < -0.3 is 10.0 Å². The standard InChI is InChI=1S/C28H28NOP.2ClH.Ti/c1-20-17-22(3)27(30)26(18-20)31-28-21(2)11-10-12-23(28)19-29(24-13-6-4-7-14-24)25-15-8-5-9-16-25;;;/h4-18,30-31H,19H2,1-3H3;2*1H;/q;;;+2/p-2. The van der Waals surface area contributed by atoms with Crippen LogP contribution in [0, 0.1) is 20.8 Å². The summed E-state index contributed by atoms with van der Waals surface area (Å²) in [7, 11) is 10.2. The van der Waals surface area contributed by atoms with Gasteiger partial charge in [-0.1, -0.05) is 69.2 Å². The fourth-order valence-corrected chi connectivity index (χ4v) is 5.44. The van der Waals surface area contributed by atoms with Crippen LogP contribution >= 0.6 is 27.2 Å². The number of aromatic hydroxyl groups is 1. The normalized spacial score (nSPS) is 10.6. The zero-order chi connectivity index (χ0) is 24.5. The predicted molar refractivity (Wildman–Crippen MR) is 147 cm³/mol. The molecule has 34 heavy (non-hydrogen) atoms. The Hall–Kier alpha value is -1.80. The Morgan fingerprint density at radius 2 is 1.32 bits per heavy atom. The molecule has 0 heterocycles. The maximum atomic E-state index is 10.7. The molecule has 0 fully saturated rings. The van der Waals surface area contributed by atoms with Gasteiger partial charge in [0.05, 0.1) is 0 Å². The van der Waals surface area contributed by atoms with Gasteiger partial charge in [-0.2, -0.15) is 0 Å². The van der Waals surface area contributed by atoms with Crippen LogP contribution in [0.15, 0.2) is 91.0 Å². The molecule has 0 amide bonds. The SMILES string of the molecule is Cc1cc(C)c(O)c(Pc2c(C)cccc2CN(c2ccccc2)c2ccccc2)c1.[Cl][Ti][Cl]. The Kier molecular flexibility index (Phi) is 10.5. The Bertz CT molecular complexity index is 1170. The molecule has 0 radical (unpaired) electrons. The van der Waals surface area contributed by atoms with Crippen molar-refractivity contribution in [2.45, 2.75) is 27.3 Å². The van der Waals surface area contributed by atoms with Crippen LogP contribution in [0.3, 0.4) is 0 Å². The molecule has 0 aromatic heterocycles. The van der Waals surface area contributed by atoms with Crippen molar-refractivity contribution in [3.05, 3.63) is 113 Å². The number of phenols is 1. The van der Waals surface area contributed by atoms with Crippen LogP contribution in [-0.4, -0.2) is 5.11 Å². The Morgan fingerprint density at radius 3 is 1.88 bits per heavy atom. The summed E-state index contributed by atoms with van der Waals surface area (Å²) in [6.07, 6.45) is 0. The van der Waals surface area contributed by atoms with Crippen LogP contribution in [0.25, 0.3) is 0 Å². The third-order valence-electron chi connectivity index (χ3n) is 5.53. The van der Waals surface area contributed by atoms with Gasteiger partial charge in [-0.15, -0.1) is 0 Å². The van der Waals surface area contributed by atoms with Gasteiger partial charge >= 0.3 is 35.6 Å². The van der Waals surface area contributed by atoms with Gasteiger partial charge in [0, 0.05) is 23.2 Å². The molecule has 0 aliphatic carbocycles. The fraction of sp³-hybridized carbons (Fsp3) is 0.143. The Balaban J connectivity index is 0.00000103. The molecule has 0 saturated carbocycles.